The number of carbonyl (C=O) groups excluding carboxylic acids is 1. The molecule has 0 spiro atoms. The Hall–Kier alpha value is -2.75. The van der Waals surface area contributed by atoms with Crippen LogP contribution in [-0.4, -0.2) is 31.5 Å². The fraction of sp³-hybridized carbons (Fsp3) is 0.118. The van der Waals surface area contributed by atoms with Crippen LogP contribution in [0.5, 0.6) is 23.0 Å². The Bertz CT molecular complexity index is 910. The molecule has 0 aliphatic carbocycles. The van der Waals surface area contributed by atoms with Crippen molar-refractivity contribution in [3.8, 4) is 23.0 Å². The minimum absolute atomic E-state index is 0.110. The van der Waals surface area contributed by atoms with Crippen LogP contribution in [-0.2, 0) is 10.4 Å². The molecule has 8 nitrogen and oxygen atoms in total. The zero-order chi connectivity index (χ0) is 19.1. The largest absolute Gasteiger partial charge is 0.504 e. The lowest BCUT2D eigenvalue weighted by atomic mass is 9.85. The highest BCUT2D eigenvalue weighted by atomic mass is 79.9. The van der Waals surface area contributed by atoms with Gasteiger partial charge in [-0.05, 0) is 24.3 Å². The molecule has 3 rings (SSSR count). The molecular formula is C17H14BrNO7. The number of phenols is 3. The lowest BCUT2D eigenvalue weighted by Crippen LogP contribution is -2.34. The number of halogens is 1. The van der Waals surface area contributed by atoms with Crippen molar-refractivity contribution in [1.82, 2.24) is 5.48 Å². The third kappa shape index (κ3) is 3.07. The number of benzene rings is 2. The summed E-state index contributed by atoms with van der Waals surface area (Å²) in [6, 6.07) is 7.77. The number of hydroxylamine groups is 1. The Kier molecular flexibility index (Phi) is 4.53. The molecule has 1 aliphatic rings. The molecule has 0 saturated heterocycles. The van der Waals surface area contributed by atoms with Gasteiger partial charge in [0.2, 0.25) is 17.4 Å². The summed E-state index contributed by atoms with van der Waals surface area (Å²) < 4.78 is 6.41. The minimum atomic E-state index is -2.02. The number of aromatic hydroxyl groups is 3. The van der Waals surface area contributed by atoms with Crippen molar-refractivity contribution in [2.24, 2.45) is 0 Å². The van der Waals surface area contributed by atoms with Crippen molar-refractivity contribution in [1.29, 1.82) is 0 Å². The summed E-state index contributed by atoms with van der Waals surface area (Å²) in [6.07, 6.45) is 0.604. The van der Waals surface area contributed by atoms with Gasteiger partial charge < -0.3 is 25.2 Å². The first-order valence-corrected chi connectivity index (χ1v) is 8.15. The van der Waals surface area contributed by atoms with E-state index >= 15 is 0 Å². The molecule has 136 valence electrons. The Morgan fingerprint density at radius 2 is 1.81 bits per heavy atom. The molecule has 2 aromatic rings. The molecule has 0 bridgehead atoms. The van der Waals surface area contributed by atoms with E-state index in [-0.39, 0.29) is 17.1 Å². The Labute approximate surface area is 155 Å². The van der Waals surface area contributed by atoms with Crippen LogP contribution >= 0.6 is 15.9 Å². The minimum Gasteiger partial charge on any atom is -0.504 e. The summed E-state index contributed by atoms with van der Waals surface area (Å²) in [7, 11) is 0. The molecule has 0 aromatic heterocycles. The molecule has 1 atom stereocenters. The van der Waals surface area contributed by atoms with E-state index in [0.29, 0.717) is 5.56 Å². The number of hydrogen-bond acceptors (Lipinski definition) is 7. The van der Waals surface area contributed by atoms with Crippen molar-refractivity contribution in [3.05, 3.63) is 52.0 Å². The Balaban J connectivity index is 2.19. The lowest BCUT2D eigenvalue weighted by Gasteiger charge is -2.32. The van der Waals surface area contributed by atoms with Gasteiger partial charge in [-0.15, -0.1) is 0 Å². The molecular weight excluding hydrogens is 410 g/mol. The first-order chi connectivity index (χ1) is 12.2. The fourth-order valence-electron chi connectivity index (χ4n) is 2.67. The quantitative estimate of drug-likeness (QED) is 0.252. The van der Waals surface area contributed by atoms with Gasteiger partial charge >= 0.3 is 0 Å². The van der Waals surface area contributed by atoms with Crippen LogP contribution in [0, 0.1) is 0 Å². The maximum atomic E-state index is 11.6. The van der Waals surface area contributed by atoms with E-state index in [9.17, 15) is 25.2 Å². The number of rotatable bonds is 3. The average molecular weight is 424 g/mol. The first kappa shape index (κ1) is 18.1. The number of carbonyl (C=O) groups is 1. The van der Waals surface area contributed by atoms with Gasteiger partial charge in [-0.1, -0.05) is 28.1 Å². The molecule has 1 aliphatic heterocycles. The van der Waals surface area contributed by atoms with Gasteiger partial charge in [-0.3, -0.25) is 10.0 Å². The number of fused-ring (bicyclic) bond motifs is 1. The van der Waals surface area contributed by atoms with Crippen LogP contribution in [0.3, 0.4) is 0 Å². The van der Waals surface area contributed by atoms with Gasteiger partial charge in [0.1, 0.15) is 11.4 Å². The number of hydrogen-bond donors (Lipinski definition) is 6. The topological polar surface area (TPSA) is 139 Å². The summed E-state index contributed by atoms with van der Waals surface area (Å²) in [5, 5.41) is 49.4. The first-order valence-electron chi connectivity index (χ1n) is 7.35. The second-order valence-electron chi connectivity index (χ2n) is 5.72. The van der Waals surface area contributed by atoms with Crippen molar-refractivity contribution in [2.45, 2.75) is 12.0 Å². The highest BCUT2D eigenvalue weighted by Crippen LogP contribution is 2.52. The number of phenolic OH excluding ortho intramolecular Hbond substituents is 3. The Morgan fingerprint density at radius 3 is 2.42 bits per heavy atom. The van der Waals surface area contributed by atoms with Crippen LogP contribution in [0.4, 0.5) is 0 Å². The molecule has 1 heterocycles. The monoisotopic (exact) mass is 423 g/mol. The number of aliphatic hydroxyl groups is 1. The van der Waals surface area contributed by atoms with Gasteiger partial charge in [0, 0.05) is 15.6 Å². The van der Waals surface area contributed by atoms with Crippen LogP contribution in [0.1, 0.15) is 17.5 Å². The van der Waals surface area contributed by atoms with E-state index in [0.717, 1.165) is 10.5 Å². The summed E-state index contributed by atoms with van der Waals surface area (Å²) in [5.74, 6) is -3.42. The van der Waals surface area contributed by atoms with Gasteiger partial charge in [0.25, 0.3) is 0 Å². The molecule has 26 heavy (non-hydrogen) atoms. The van der Waals surface area contributed by atoms with Gasteiger partial charge in [0.05, 0.1) is 6.42 Å². The molecule has 0 fully saturated rings. The van der Waals surface area contributed by atoms with Crippen LogP contribution in [0.25, 0.3) is 5.76 Å². The Morgan fingerprint density at radius 1 is 1.15 bits per heavy atom. The van der Waals surface area contributed by atoms with Gasteiger partial charge in [-0.2, -0.15) is 0 Å². The van der Waals surface area contributed by atoms with E-state index in [4.69, 9.17) is 9.94 Å². The third-order valence-electron chi connectivity index (χ3n) is 3.94. The van der Waals surface area contributed by atoms with Gasteiger partial charge in [-0.25, -0.2) is 5.48 Å². The van der Waals surface area contributed by atoms with Crippen molar-refractivity contribution in [2.75, 3.05) is 0 Å². The van der Waals surface area contributed by atoms with E-state index in [1.807, 2.05) is 0 Å². The molecule has 1 unspecified atom stereocenters. The summed E-state index contributed by atoms with van der Waals surface area (Å²) >= 11 is 3.30. The van der Waals surface area contributed by atoms with Crippen molar-refractivity contribution >= 4 is 27.6 Å². The third-order valence-corrected chi connectivity index (χ3v) is 4.47. The molecule has 1 amide bonds. The summed E-state index contributed by atoms with van der Waals surface area (Å²) in [5.41, 5.74) is -0.223. The molecule has 9 heteroatoms. The zero-order valence-electron chi connectivity index (χ0n) is 13.1. The van der Waals surface area contributed by atoms with E-state index in [1.165, 1.54) is 11.6 Å². The average Bonchev–Trinajstić information content (AvgIpc) is 2.61. The van der Waals surface area contributed by atoms with Crippen molar-refractivity contribution < 1.29 is 35.2 Å². The number of nitrogens with one attached hydrogen (secondary N) is 1. The van der Waals surface area contributed by atoms with Crippen LogP contribution < -0.4 is 10.2 Å². The van der Waals surface area contributed by atoms with E-state index in [1.54, 1.807) is 24.3 Å². The highest BCUT2D eigenvalue weighted by molar-refractivity contribution is 9.10. The number of ether oxygens (including phenoxy) is 1. The molecule has 0 saturated carbocycles. The standard InChI is InChI=1S/C17H14BrNO7/c18-9-3-1-8(2-4-9)12-6-17(24,7-13(21)19-25)10-5-11(20)14(22)15(23)16(10)26-12/h1-6,20,22-25H,7H2,(H,19,21). The second kappa shape index (κ2) is 6.52. The maximum Gasteiger partial charge on any atom is 0.246 e. The van der Waals surface area contributed by atoms with Crippen molar-refractivity contribution in [3.63, 3.8) is 0 Å². The second-order valence-corrected chi connectivity index (χ2v) is 6.64. The smallest absolute Gasteiger partial charge is 0.246 e. The zero-order valence-corrected chi connectivity index (χ0v) is 14.7. The fourth-order valence-corrected chi connectivity index (χ4v) is 2.94. The SMILES string of the molecule is O=C(CC1(O)C=C(c2ccc(Br)cc2)Oc2c1cc(O)c(O)c2O)NO. The van der Waals surface area contributed by atoms with Crippen LogP contribution in [0.2, 0.25) is 0 Å². The summed E-state index contributed by atoms with van der Waals surface area (Å²) in [4.78, 5) is 11.6. The molecule has 0 radical (unpaired) electrons. The van der Waals surface area contributed by atoms with E-state index < -0.39 is 35.2 Å². The highest BCUT2D eigenvalue weighted by Gasteiger charge is 2.40. The lowest BCUT2D eigenvalue weighted by molar-refractivity contribution is -0.133. The predicted molar refractivity (Wildman–Crippen MR) is 92.6 cm³/mol. The van der Waals surface area contributed by atoms with Crippen LogP contribution in [0.15, 0.2) is 40.9 Å². The normalized spacial score (nSPS) is 18.5. The van der Waals surface area contributed by atoms with Gasteiger partial charge in [0.15, 0.2) is 11.5 Å². The summed E-state index contributed by atoms with van der Waals surface area (Å²) in [6.45, 7) is 0. The number of amides is 1. The maximum absolute atomic E-state index is 11.6. The predicted octanol–water partition coefficient (Wildman–Crippen LogP) is 2.08. The molecule has 6 N–H and O–H groups in total. The van der Waals surface area contributed by atoms with E-state index in [2.05, 4.69) is 15.9 Å². The molecule has 2 aromatic carbocycles.